The van der Waals surface area contributed by atoms with Crippen LogP contribution >= 0.6 is 43.5 Å². The Morgan fingerprint density at radius 3 is 0.941 bits per heavy atom. The zero-order valence-electron chi connectivity index (χ0n) is 71.3. The summed E-state index contributed by atoms with van der Waals surface area (Å²) in [6.45, 7) is 26.1. The molecule has 119 heavy (non-hydrogen) atoms. The molecule has 0 saturated heterocycles. The maximum atomic E-state index is 12.0. The summed E-state index contributed by atoms with van der Waals surface area (Å²) in [5.74, 6) is -1.14. The number of esters is 4. The monoisotopic (exact) mass is 1820 g/mol. The number of ether oxygens (including phenoxy) is 9. The van der Waals surface area contributed by atoms with Crippen molar-refractivity contribution in [1.82, 2.24) is 15.1 Å². The number of halogens is 3. The van der Waals surface area contributed by atoms with Gasteiger partial charge in [0.25, 0.3) is 5.24 Å². The number of nitrogens with zero attached hydrogens (tertiary/aromatic N) is 2. The maximum absolute atomic E-state index is 12.0. The van der Waals surface area contributed by atoms with Gasteiger partial charge in [-0.2, -0.15) is 0 Å². The lowest BCUT2D eigenvalue weighted by Gasteiger charge is -2.27. The number of aldehydes is 1. The van der Waals surface area contributed by atoms with Crippen molar-refractivity contribution < 1.29 is 111 Å². The Balaban J connectivity index is -0.000000662. The summed E-state index contributed by atoms with van der Waals surface area (Å²) < 4.78 is 45.1. The lowest BCUT2D eigenvalue weighted by molar-refractivity contribution is -0.109. The smallest absolute Gasteiger partial charge is 0.462 e. The minimum absolute atomic E-state index is 0. The molecule has 27 nitrogen and oxygen atoms in total. The number of carbonyl (C=O) groups excluding carboxylic acids is 10. The zero-order valence-corrected chi connectivity index (χ0v) is 75.2. The molecule has 0 aliphatic heterocycles. The fourth-order valence-corrected chi connectivity index (χ4v) is 9.46. The SMILES string of the molecule is C.CC(C)(C)OC(=O)N(CC=O)CCCCCOC(=O)c1ccccc1.CC(C)(C)OC(=O)N(CCO)CCCCCOC(=O)c1ccccc1.CC(C)(C)OC(=O)OC(=O)OC(C)(C)C.NCCO.O=C(Cl)c1ccccc1.O=C(OCCCCCBr)c1ccccc1.O=C(OCCCCCNCCO)c1ccccc1.OCCCCCBr. The van der Waals surface area contributed by atoms with Crippen molar-refractivity contribution in [3.8, 4) is 0 Å². The normalized spacial score (nSPS) is 10.4. The number of aliphatic hydroxyl groups excluding tert-OH is 4. The van der Waals surface area contributed by atoms with E-state index in [2.05, 4.69) is 41.9 Å². The summed E-state index contributed by atoms with van der Waals surface area (Å²) in [5, 5.41) is 38.4. The summed E-state index contributed by atoms with van der Waals surface area (Å²) >= 11 is 11.8. The van der Waals surface area contributed by atoms with Crippen LogP contribution in [0, 0.1) is 0 Å². The van der Waals surface area contributed by atoms with Gasteiger partial charge in [0.2, 0.25) is 0 Å². The van der Waals surface area contributed by atoms with E-state index in [0.717, 1.165) is 94.3 Å². The highest BCUT2D eigenvalue weighted by Gasteiger charge is 2.26. The van der Waals surface area contributed by atoms with Crippen LogP contribution in [0.3, 0.4) is 0 Å². The van der Waals surface area contributed by atoms with Gasteiger partial charge in [-0.25, -0.2) is 38.4 Å². The first-order valence-electron chi connectivity index (χ1n) is 39.6. The second-order valence-electron chi connectivity index (χ2n) is 29.4. The van der Waals surface area contributed by atoms with E-state index in [-0.39, 0.29) is 64.2 Å². The third kappa shape index (κ3) is 75.6. The molecule has 5 aromatic rings. The molecule has 2 amide bonds. The van der Waals surface area contributed by atoms with Gasteiger partial charge in [-0.1, -0.05) is 149 Å². The van der Waals surface area contributed by atoms with Gasteiger partial charge in [0, 0.05) is 55.6 Å². The number of hydrogen-bond donors (Lipinski definition) is 6. The van der Waals surface area contributed by atoms with E-state index < -0.39 is 52.1 Å². The molecule has 0 unspecified atom stereocenters. The molecule has 0 aliphatic carbocycles. The summed E-state index contributed by atoms with van der Waals surface area (Å²) in [5.41, 5.74) is 5.07. The number of carbonyl (C=O) groups is 10. The largest absolute Gasteiger partial charge is 0.519 e. The number of benzene rings is 5. The van der Waals surface area contributed by atoms with Crippen molar-refractivity contribution in [3.05, 3.63) is 179 Å². The van der Waals surface area contributed by atoms with Gasteiger partial charge in [-0.15, -0.1) is 0 Å². The van der Waals surface area contributed by atoms with E-state index in [0.29, 0.717) is 106 Å². The Morgan fingerprint density at radius 2 is 0.672 bits per heavy atom. The molecule has 0 spiro atoms. The molecule has 0 atom stereocenters. The van der Waals surface area contributed by atoms with Gasteiger partial charge in [-0.05, 0) is 240 Å². The molecule has 0 radical (unpaired) electrons. The highest BCUT2D eigenvalue weighted by molar-refractivity contribution is 9.09. The average Bonchev–Trinajstić information content (AvgIpc) is 0.920. The fraction of sp³-hybridized carbons (Fsp3) is 0.551. The first-order valence-corrected chi connectivity index (χ1v) is 42.2. The molecule has 7 N–H and O–H groups in total. The van der Waals surface area contributed by atoms with E-state index in [4.69, 9.17) is 75.7 Å². The molecule has 5 aromatic carbocycles. The summed E-state index contributed by atoms with van der Waals surface area (Å²) in [7, 11) is 0. The number of amides is 2. The molecular formula is C89H137Br2ClN4O23. The highest BCUT2D eigenvalue weighted by atomic mass is 79.9. The first kappa shape index (κ1) is 117. The summed E-state index contributed by atoms with van der Waals surface area (Å²) in [6, 6.07) is 44.5. The van der Waals surface area contributed by atoms with Gasteiger partial charge in [0.05, 0.1) is 75.0 Å². The summed E-state index contributed by atoms with van der Waals surface area (Å²) in [6.07, 6.45) is 11.5. The summed E-state index contributed by atoms with van der Waals surface area (Å²) in [4.78, 5) is 117. The van der Waals surface area contributed by atoms with Crippen LogP contribution in [0.4, 0.5) is 19.2 Å². The molecule has 0 bridgehead atoms. The number of unbranched alkanes of at least 4 members (excludes halogenated alkanes) is 10. The lowest BCUT2D eigenvalue weighted by Crippen LogP contribution is -2.39. The molecule has 0 aromatic heterocycles. The van der Waals surface area contributed by atoms with E-state index in [9.17, 15) is 47.9 Å². The van der Waals surface area contributed by atoms with Gasteiger partial charge in [-0.3, -0.25) is 4.79 Å². The Kier molecular flexibility index (Phi) is 73.3. The predicted molar refractivity (Wildman–Crippen MR) is 473 cm³/mol. The van der Waals surface area contributed by atoms with E-state index >= 15 is 0 Å². The van der Waals surface area contributed by atoms with Crippen molar-refractivity contribution in [2.75, 3.05) is 109 Å². The van der Waals surface area contributed by atoms with Gasteiger partial charge in [0.15, 0.2) is 0 Å². The molecule has 672 valence electrons. The van der Waals surface area contributed by atoms with Crippen LogP contribution in [0.15, 0.2) is 152 Å². The zero-order chi connectivity index (χ0) is 89.3. The third-order valence-electron chi connectivity index (χ3n) is 14.0. The van der Waals surface area contributed by atoms with E-state index in [1.165, 1.54) is 16.2 Å². The Bertz CT molecular complexity index is 3350. The second-order valence-corrected chi connectivity index (χ2v) is 31.3. The van der Waals surface area contributed by atoms with E-state index in [1.54, 1.807) is 159 Å². The number of hydrogen-bond acceptors (Lipinski definition) is 25. The highest BCUT2D eigenvalue weighted by Crippen LogP contribution is 2.16. The number of aliphatic hydroxyl groups is 4. The number of nitrogens with two attached hydrogens (primary N) is 1. The van der Waals surface area contributed by atoms with Crippen LogP contribution in [0.1, 0.15) is 239 Å². The Morgan fingerprint density at radius 1 is 0.378 bits per heavy atom. The quantitative estimate of drug-likeness (QED) is 0.00405. The molecule has 0 saturated carbocycles. The molecule has 0 aliphatic rings. The Hall–Kier alpha value is -8.39. The molecule has 30 heteroatoms. The average molecular weight is 1830 g/mol. The van der Waals surface area contributed by atoms with Crippen LogP contribution in [0.2, 0.25) is 0 Å². The number of alkyl halides is 2. The van der Waals surface area contributed by atoms with Gasteiger partial charge >= 0.3 is 48.4 Å². The molecule has 0 heterocycles. The standard InChI is InChI=1S/C19H29NO5.C19H27NO5.C14H21NO3.C12H15BrO2.C10H18O5.C7H5ClO.C5H11BrO.C2H7NO.CH4/c2*1-19(2,3)25-18(23)20(13-14-21)12-8-5-9-15-24-17(22)16-10-6-4-7-11-16;16-11-10-15-9-5-2-6-12-18-14(17)13-7-3-1-4-8-13;13-9-5-2-6-10-15-12(14)11-7-3-1-4-8-11;1-9(2,3)14-7(11)13-8(12)15-10(4,5)6;8-7(9)6-4-2-1-3-5-6;6-4-2-1-3-5-7;3-1-2-4;/h4,6-7,10-11,21H,5,8-9,12-15H2,1-3H3;4,6-7,10-11,14H,5,8-9,12-13,15H2,1-3H3;1,3-4,7-8,15-16H,2,5-6,9-12H2;1,3-4,7-8H,2,5-6,9-10H2;1-6H3;1-5H;7H,1-5H2;4H,1-3H2;1H4. The third-order valence-corrected chi connectivity index (χ3v) is 15.4. The Labute approximate surface area is 728 Å². The van der Waals surface area contributed by atoms with Crippen molar-refractivity contribution >= 4 is 103 Å². The fourth-order valence-electron chi connectivity index (χ4n) is 8.54. The van der Waals surface area contributed by atoms with Gasteiger partial charge in [0.1, 0.15) is 28.7 Å². The van der Waals surface area contributed by atoms with Crippen LogP contribution < -0.4 is 11.1 Å². The maximum Gasteiger partial charge on any atom is 0.519 e. The predicted octanol–water partition coefficient (Wildman–Crippen LogP) is 17.8. The van der Waals surface area contributed by atoms with Crippen LogP contribution in [0.25, 0.3) is 0 Å². The van der Waals surface area contributed by atoms with Crippen LogP contribution in [0.5, 0.6) is 0 Å². The van der Waals surface area contributed by atoms with Gasteiger partial charge < -0.3 is 88.7 Å². The minimum atomic E-state index is -1.06. The number of nitrogens with one attached hydrogen (secondary N) is 1. The minimum Gasteiger partial charge on any atom is -0.462 e. The van der Waals surface area contributed by atoms with Crippen molar-refractivity contribution in [2.24, 2.45) is 5.73 Å². The number of rotatable bonds is 39. The second kappa shape index (κ2) is 74.6. The first-order chi connectivity index (χ1) is 56.0. The van der Waals surface area contributed by atoms with Crippen LogP contribution in [-0.4, -0.2) is 222 Å². The molecular weight excluding hydrogens is 1690 g/mol. The molecule has 5 rings (SSSR count). The van der Waals surface area contributed by atoms with Crippen LogP contribution in [-0.2, 0) is 47.4 Å². The van der Waals surface area contributed by atoms with E-state index in [1.807, 2.05) is 75.4 Å². The van der Waals surface area contributed by atoms with Crippen molar-refractivity contribution in [1.29, 1.82) is 0 Å². The lowest BCUT2D eigenvalue weighted by atomic mass is 10.2. The van der Waals surface area contributed by atoms with Crippen molar-refractivity contribution in [2.45, 2.75) is 209 Å². The topological polar surface area (TPSA) is 379 Å². The van der Waals surface area contributed by atoms with Crippen molar-refractivity contribution in [3.63, 3.8) is 0 Å². The molecule has 0 fully saturated rings.